The maximum Gasteiger partial charge on any atom is 0.410 e. The summed E-state index contributed by atoms with van der Waals surface area (Å²) in [5, 5.41) is 10.8. The van der Waals surface area contributed by atoms with Crippen molar-refractivity contribution in [1.29, 1.82) is 0 Å². The van der Waals surface area contributed by atoms with E-state index in [1.54, 1.807) is 18.1 Å². The van der Waals surface area contributed by atoms with Gasteiger partial charge in [0.25, 0.3) is 0 Å². The van der Waals surface area contributed by atoms with Crippen LogP contribution in [-0.2, 0) is 11.3 Å². The molecule has 0 bridgehead atoms. The fourth-order valence-electron chi connectivity index (χ4n) is 2.31. The Bertz CT molecular complexity index is 549. The lowest BCUT2D eigenvalue weighted by Gasteiger charge is -2.40. The number of nitrogens with zero attached hydrogens (tertiary/aromatic N) is 4. The van der Waals surface area contributed by atoms with Gasteiger partial charge in [-0.25, -0.2) is 4.79 Å². The summed E-state index contributed by atoms with van der Waals surface area (Å²) in [5.41, 5.74) is -0.457. The molecule has 0 aliphatic carbocycles. The highest BCUT2D eigenvalue weighted by Crippen LogP contribution is 2.15. The van der Waals surface area contributed by atoms with Crippen LogP contribution in [0.25, 0.3) is 0 Å². The predicted molar refractivity (Wildman–Crippen MR) is 108 cm³/mol. The molecule has 0 unspecified atom stereocenters. The van der Waals surface area contributed by atoms with Crippen molar-refractivity contribution >= 4 is 36.0 Å². The van der Waals surface area contributed by atoms with Crippen molar-refractivity contribution in [2.75, 3.05) is 26.7 Å². The number of guanidine groups is 1. The van der Waals surface area contributed by atoms with E-state index >= 15 is 0 Å². The number of carbonyl (C=O) groups excluding carboxylic acids is 1. The number of ether oxygens (including phenoxy) is 1. The number of hydrogen-bond acceptors (Lipinski definition) is 4. The molecule has 0 saturated carbocycles. The normalized spacial score (nSPS) is 15.2. The van der Waals surface area contributed by atoms with E-state index in [0.29, 0.717) is 13.1 Å². The summed E-state index contributed by atoms with van der Waals surface area (Å²) < 4.78 is 7.25. The van der Waals surface area contributed by atoms with E-state index in [0.717, 1.165) is 25.5 Å². The van der Waals surface area contributed by atoms with E-state index in [9.17, 15) is 4.79 Å². The van der Waals surface area contributed by atoms with E-state index in [2.05, 4.69) is 20.7 Å². The van der Waals surface area contributed by atoms with Gasteiger partial charge in [-0.15, -0.1) is 24.0 Å². The van der Waals surface area contributed by atoms with Crippen molar-refractivity contribution in [3.63, 3.8) is 0 Å². The zero-order valence-electron chi connectivity index (χ0n) is 15.4. The number of nitrogens with one attached hydrogen (secondary N) is 2. The molecule has 142 valence electrons. The fourth-order valence-corrected chi connectivity index (χ4v) is 2.31. The van der Waals surface area contributed by atoms with Gasteiger partial charge in [0.1, 0.15) is 5.60 Å². The quantitative estimate of drug-likeness (QED) is 0.300. The molecule has 1 fully saturated rings. The van der Waals surface area contributed by atoms with Crippen LogP contribution in [0.1, 0.15) is 27.2 Å². The first-order chi connectivity index (χ1) is 11.4. The van der Waals surface area contributed by atoms with Crippen LogP contribution in [0.5, 0.6) is 0 Å². The molecule has 1 amide bonds. The predicted octanol–water partition coefficient (Wildman–Crippen LogP) is 1.68. The molecule has 2 heterocycles. The van der Waals surface area contributed by atoms with E-state index in [1.165, 1.54) is 0 Å². The van der Waals surface area contributed by atoms with Crippen LogP contribution in [0.3, 0.4) is 0 Å². The second-order valence-corrected chi connectivity index (χ2v) is 6.85. The van der Waals surface area contributed by atoms with Crippen LogP contribution in [-0.4, -0.2) is 65.1 Å². The molecule has 1 aliphatic rings. The second kappa shape index (κ2) is 9.83. The summed E-state index contributed by atoms with van der Waals surface area (Å²) in [6.45, 7) is 8.54. The first-order valence-corrected chi connectivity index (χ1v) is 8.30. The molecule has 9 heteroatoms. The third-order valence-electron chi connectivity index (χ3n) is 3.51. The summed E-state index contributed by atoms with van der Waals surface area (Å²) >= 11 is 0. The Kier molecular flexibility index (Phi) is 8.46. The van der Waals surface area contributed by atoms with Crippen molar-refractivity contribution in [3.05, 3.63) is 18.5 Å². The number of likely N-dealkylation sites (tertiary alicyclic amines) is 1. The Morgan fingerprint density at radius 2 is 2.12 bits per heavy atom. The largest absolute Gasteiger partial charge is 0.444 e. The topological polar surface area (TPSA) is 83.8 Å². The molecule has 0 spiro atoms. The van der Waals surface area contributed by atoms with Gasteiger partial charge in [-0.3, -0.25) is 9.67 Å². The maximum atomic E-state index is 11.9. The zero-order chi connectivity index (χ0) is 17.6. The van der Waals surface area contributed by atoms with Crippen molar-refractivity contribution in [1.82, 2.24) is 25.3 Å². The SMILES string of the molecule is CN=C(NCCCn1cccn1)NC1CN(C(=O)OC(C)(C)C)C1.I. The highest BCUT2D eigenvalue weighted by atomic mass is 127. The Labute approximate surface area is 166 Å². The van der Waals surface area contributed by atoms with Crippen molar-refractivity contribution in [3.8, 4) is 0 Å². The van der Waals surface area contributed by atoms with Gasteiger partial charge in [0.05, 0.1) is 6.04 Å². The fraction of sp³-hybridized carbons (Fsp3) is 0.688. The number of halogens is 1. The van der Waals surface area contributed by atoms with Crippen LogP contribution in [0, 0.1) is 0 Å². The van der Waals surface area contributed by atoms with Gasteiger partial charge in [0.2, 0.25) is 0 Å². The molecular formula is C16H29IN6O2. The van der Waals surface area contributed by atoms with Gasteiger partial charge in [0, 0.05) is 45.6 Å². The Balaban J connectivity index is 0.00000312. The first kappa shape index (κ1) is 21.5. The number of aryl methyl sites for hydroxylation is 1. The first-order valence-electron chi connectivity index (χ1n) is 8.30. The van der Waals surface area contributed by atoms with Gasteiger partial charge in [-0.05, 0) is 33.3 Å². The van der Waals surface area contributed by atoms with Gasteiger partial charge < -0.3 is 20.3 Å². The molecular weight excluding hydrogens is 435 g/mol. The lowest BCUT2D eigenvalue weighted by Crippen LogP contribution is -2.63. The van der Waals surface area contributed by atoms with Crippen LogP contribution in [0.2, 0.25) is 0 Å². The molecule has 0 aromatic carbocycles. The molecule has 1 saturated heterocycles. The highest BCUT2D eigenvalue weighted by molar-refractivity contribution is 14.0. The lowest BCUT2D eigenvalue weighted by molar-refractivity contribution is 0.00701. The van der Waals surface area contributed by atoms with E-state index in [1.807, 2.05) is 37.7 Å². The number of carbonyl (C=O) groups is 1. The average molecular weight is 464 g/mol. The molecule has 2 N–H and O–H groups in total. The summed E-state index contributed by atoms with van der Waals surface area (Å²) in [6.07, 6.45) is 4.42. The van der Waals surface area contributed by atoms with Crippen LogP contribution >= 0.6 is 24.0 Å². The number of aromatic nitrogens is 2. The minimum atomic E-state index is -0.457. The summed E-state index contributed by atoms with van der Waals surface area (Å²) in [4.78, 5) is 17.8. The molecule has 1 aromatic heterocycles. The van der Waals surface area contributed by atoms with Crippen molar-refractivity contribution in [2.24, 2.45) is 4.99 Å². The van der Waals surface area contributed by atoms with Gasteiger partial charge in [-0.1, -0.05) is 0 Å². The van der Waals surface area contributed by atoms with Crippen LogP contribution in [0.15, 0.2) is 23.5 Å². The average Bonchev–Trinajstić information content (AvgIpc) is 2.95. The molecule has 0 atom stereocenters. The number of aliphatic imine (C=N–C) groups is 1. The second-order valence-electron chi connectivity index (χ2n) is 6.85. The van der Waals surface area contributed by atoms with Gasteiger partial charge in [-0.2, -0.15) is 5.10 Å². The third kappa shape index (κ3) is 7.49. The summed E-state index contributed by atoms with van der Waals surface area (Å²) in [6, 6.07) is 2.12. The van der Waals surface area contributed by atoms with Crippen LogP contribution in [0.4, 0.5) is 4.79 Å². The summed E-state index contributed by atoms with van der Waals surface area (Å²) in [5.74, 6) is 0.754. The minimum Gasteiger partial charge on any atom is -0.444 e. The van der Waals surface area contributed by atoms with E-state index in [-0.39, 0.29) is 36.1 Å². The molecule has 0 radical (unpaired) electrons. The van der Waals surface area contributed by atoms with Crippen LogP contribution < -0.4 is 10.6 Å². The molecule has 1 aliphatic heterocycles. The Hall–Kier alpha value is -1.52. The minimum absolute atomic E-state index is 0. The van der Waals surface area contributed by atoms with E-state index < -0.39 is 5.60 Å². The Morgan fingerprint density at radius 3 is 2.68 bits per heavy atom. The monoisotopic (exact) mass is 464 g/mol. The molecule has 8 nitrogen and oxygen atoms in total. The smallest absolute Gasteiger partial charge is 0.410 e. The van der Waals surface area contributed by atoms with E-state index in [4.69, 9.17) is 4.74 Å². The highest BCUT2D eigenvalue weighted by Gasteiger charge is 2.34. The molecule has 2 rings (SSSR count). The number of hydrogen-bond donors (Lipinski definition) is 2. The third-order valence-corrected chi connectivity index (χ3v) is 3.51. The molecule has 25 heavy (non-hydrogen) atoms. The number of rotatable bonds is 5. The lowest BCUT2D eigenvalue weighted by atomic mass is 10.1. The molecule has 1 aromatic rings. The van der Waals surface area contributed by atoms with Crippen molar-refractivity contribution in [2.45, 2.75) is 45.4 Å². The number of amides is 1. The van der Waals surface area contributed by atoms with Gasteiger partial charge >= 0.3 is 6.09 Å². The van der Waals surface area contributed by atoms with Gasteiger partial charge in [0.15, 0.2) is 5.96 Å². The Morgan fingerprint density at radius 1 is 1.40 bits per heavy atom. The zero-order valence-corrected chi connectivity index (χ0v) is 17.7. The standard InChI is InChI=1S/C16H28N6O2.HI/c1-16(2,3)24-15(23)21-11-13(12-21)20-14(17-4)18-7-5-9-22-10-6-8-19-22;/h6,8,10,13H,5,7,9,11-12H2,1-4H3,(H2,17,18,20);1H. The summed E-state index contributed by atoms with van der Waals surface area (Å²) in [7, 11) is 1.74. The van der Waals surface area contributed by atoms with Crippen molar-refractivity contribution < 1.29 is 9.53 Å². The maximum absolute atomic E-state index is 11.9.